The van der Waals surface area contributed by atoms with Gasteiger partial charge in [-0.05, 0) is 48.5 Å². The van der Waals surface area contributed by atoms with E-state index >= 15 is 0 Å². The minimum atomic E-state index is -3.43. The Hall–Kier alpha value is -2.05. The zero-order chi connectivity index (χ0) is 14.6. The first-order valence-corrected chi connectivity index (χ1v) is 7.63. The van der Waals surface area contributed by atoms with Gasteiger partial charge in [-0.15, -0.1) is 0 Å². The third kappa shape index (κ3) is 3.49. The van der Waals surface area contributed by atoms with Gasteiger partial charge in [0, 0.05) is 5.69 Å². The van der Waals surface area contributed by atoms with E-state index in [2.05, 4.69) is 0 Å². The van der Waals surface area contributed by atoms with Gasteiger partial charge in [0.15, 0.2) is 9.84 Å². The first kappa shape index (κ1) is 14.4. The molecule has 0 aliphatic rings. The highest BCUT2D eigenvalue weighted by Gasteiger charge is 2.13. The number of sulfone groups is 1. The van der Waals surface area contributed by atoms with Crippen molar-refractivity contribution in [1.82, 2.24) is 0 Å². The molecule has 2 aromatic carbocycles. The van der Waals surface area contributed by atoms with Crippen LogP contribution < -0.4 is 10.5 Å². The molecule has 0 spiro atoms. The second-order valence-electron chi connectivity index (χ2n) is 4.18. The molecule has 2 rings (SSSR count). The molecule has 20 heavy (non-hydrogen) atoms. The molecule has 0 fully saturated rings. The Kier molecular flexibility index (Phi) is 4.26. The fraction of sp³-hybridized carbons (Fsp3) is 0.143. The molecular formula is C14H15NO4S. The number of benzene rings is 2. The van der Waals surface area contributed by atoms with Crippen LogP contribution in [0.15, 0.2) is 53.4 Å². The van der Waals surface area contributed by atoms with E-state index in [1.165, 1.54) is 12.1 Å². The summed E-state index contributed by atoms with van der Waals surface area (Å²) in [6, 6.07) is 12.9. The first-order valence-electron chi connectivity index (χ1n) is 5.98. The van der Waals surface area contributed by atoms with Gasteiger partial charge in [-0.3, -0.25) is 0 Å². The maximum Gasteiger partial charge on any atom is 0.180 e. The average Bonchev–Trinajstić information content (AvgIpc) is 2.42. The molecule has 0 radical (unpaired) electrons. The molecule has 0 atom stereocenters. The molecule has 0 saturated heterocycles. The Morgan fingerprint density at radius 3 is 1.95 bits per heavy atom. The highest BCUT2D eigenvalue weighted by Crippen LogP contribution is 2.23. The number of hydrogen-bond acceptors (Lipinski definition) is 5. The molecule has 0 aliphatic heterocycles. The van der Waals surface area contributed by atoms with Gasteiger partial charge in [0.2, 0.25) is 0 Å². The number of ether oxygens (including phenoxy) is 1. The zero-order valence-corrected chi connectivity index (χ0v) is 11.5. The van der Waals surface area contributed by atoms with Crippen LogP contribution >= 0.6 is 0 Å². The number of anilines is 1. The van der Waals surface area contributed by atoms with Crippen LogP contribution in [0.5, 0.6) is 11.5 Å². The van der Waals surface area contributed by atoms with Crippen LogP contribution in [0.25, 0.3) is 0 Å². The van der Waals surface area contributed by atoms with Crippen molar-refractivity contribution in [3.05, 3.63) is 48.5 Å². The average molecular weight is 293 g/mol. The number of hydrogen-bond donors (Lipinski definition) is 2. The maximum atomic E-state index is 11.7. The van der Waals surface area contributed by atoms with E-state index in [9.17, 15) is 8.42 Å². The van der Waals surface area contributed by atoms with Gasteiger partial charge in [-0.2, -0.15) is 0 Å². The highest BCUT2D eigenvalue weighted by atomic mass is 32.2. The van der Waals surface area contributed by atoms with Crippen LogP contribution in [-0.2, 0) is 9.84 Å². The molecule has 0 unspecified atom stereocenters. The molecule has 0 amide bonds. The summed E-state index contributed by atoms with van der Waals surface area (Å²) >= 11 is 0. The number of nitrogen functional groups attached to an aromatic ring is 1. The lowest BCUT2D eigenvalue weighted by Crippen LogP contribution is -2.09. The number of aliphatic hydroxyl groups excluding tert-OH is 1. The Morgan fingerprint density at radius 2 is 1.45 bits per heavy atom. The van der Waals surface area contributed by atoms with Gasteiger partial charge in [0.25, 0.3) is 0 Å². The largest absolute Gasteiger partial charge is 0.457 e. The van der Waals surface area contributed by atoms with Gasteiger partial charge >= 0.3 is 0 Å². The summed E-state index contributed by atoms with van der Waals surface area (Å²) in [6.45, 7) is -0.397. The topological polar surface area (TPSA) is 89.6 Å². The summed E-state index contributed by atoms with van der Waals surface area (Å²) in [5.74, 6) is 0.855. The van der Waals surface area contributed by atoms with Crippen LogP contribution in [0.4, 0.5) is 5.69 Å². The smallest absolute Gasteiger partial charge is 0.180 e. The number of aliphatic hydroxyl groups is 1. The van der Waals surface area contributed by atoms with Crippen LogP contribution in [0, 0.1) is 0 Å². The molecule has 0 saturated carbocycles. The molecule has 2 aromatic rings. The normalized spacial score (nSPS) is 11.2. The molecule has 6 heteroatoms. The van der Waals surface area contributed by atoms with Gasteiger partial charge < -0.3 is 15.6 Å². The Bertz CT molecular complexity index is 663. The van der Waals surface area contributed by atoms with E-state index in [0.29, 0.717) is 17.2 Å². The van der Waals surface area contributed by atoms with E-state index in [-0.39, 0.29) is 10.6 Å². The lowest BCUT2D eigenvalue weighted by molar-refractivity contribution is 0.319. The van der Waals surface area contributed by atoms with Crippen molar-refractivity contribution in [2.24, 2.45) is 0 Å². The van der Waals surface area contributed by atoms with Gasteiger partial charge in [0.05, 0.1) is 17.3 Å². The zero-order valence-electron chi connectivity index (χ0n) is 10.7. The molecule has 0 heterocycles. The van der Waals surface area contributed by atoms with E-state index in [0.717, 1.165) is 0 Å². The maximum absolute atomic E-state index is 11.7. The summed E-state index contributed by atoms with van der Waals surface area (Å²) in [6.07, 6.45) is 0. The van der Waals surface area contributed by atoms with Crippen molar-refractivity contribution in [2.45, 2.75) is 4.90 Å². The van der Waals surface area contributed by atoms with E-state index in [4.69, 9.17) is 15.6 Å². The lowest BCUT2D eigenvalue weighted by Gasteiger charge is -2.07. The Balaban J connectivity index is 2.14. The van der Waals surface area contributed by atoms with Gasteiger partial charge in [-0.25, -0.2) is 8.42 Å². The van der Waals surface area contributed by atoms with Crippen molar-refractivity contribution in [2.75, 3.05) is 18.1 Å². The Labute approximate surface area is 117 Å². The molecular weight excluding hydrogens is 278 g/mol. The molecule has 0 aromatic heterocycles. The summed E-state index contributed by atoms with van der Waals surface area (Å²) in [5.41, 5.74) is 6.22. The predicted octanol–water partition coefficient (Wildman–Crippen LogP) is 1.83. The van der Waals surface area contributed by atoms with Crippen LogP contribution in [0.3, 0.4) is 0 Å². The van der Waals surface area contributed by atoms with E-state index in [1.807, 2.05) is 0 Å². The highest BCUT2D eigenvalue weighted by molar-refractivity contribution is 7.91. The lowest BCUT2D eigenvalue weighted by atomic mass is 10.3. The third-order valence-electron chi connectivity index (χ3n) is 2.66. The summed E-state index contributed by atoms with van der Waals surface area (Å²) in [7, 11) is -3.43. The minimum Gasteiger partial charge on any atom is -0.457 e. The van der Waals surface area contributed by atoms with Crippen LogP contribution in [-0.4, -0.2) is 25.9 Å². The molecule has 3 N–H and O–H groups in total. The van der Waals surface area contributed by atoms with Gasteiger partial charge in [-0.1, -0.05) is 0 Å². The summed E-state index contributed by atoms with van der Waals surface area (Å²) < 4.78 is 29.0. The predicted molar refractivity (Wildman–Crippen MR) is 76.5 cm³/mol. The van der Waals surface area contributed by atoms with Crippen LogP contribution in [0.1, 0.15) is 0 Å². The molecule has 5 nitrogen and oxygen atoms in total. The van der Waals surface area contributed by atoms with Crippen molar-refractivity contribution < 1.29 is 18.3 Å². The fourth-order valence-electron chi connectivity index (χ4n) is 1.63. The quantitative estimate of drug-likeness (QED) is 0.821. The number of rotatable bonds is 5. The number of nitrogens with two attached hydrogens (primary N) is 1. The SMILES string of the molecule is Nc1ccc(Oc2ccc(S(=O)(=O)CCO)cc2)cc1. The van der Waals surface area contributed by atoms with Crippen molar-refractivity contribution in [1.29, 1.82) is 0 Å². The summed E-state index contributed by atoms with van der Waals surface area (Å²) in [4.78, 5) is 0.163. The Morgan fingerprint density at radius 1 is 0.950 bits per heavy atom. The van der Waals surface area contributed by atoms with Crippen molar-refractivity contribution in [3.63, 3.8) is 0 Å². The van der Waals surface area contributed by atoms with Crippen molar-refractivity contribution in [3.8, 4) is 11.5 Å². The van der Waals surface area contributed by atoms with Crippen molar-refractivity contribution >= 4 is 15.5 Å². The monoisotopic (exact) mass is 293 g/mol. The fourth-order valence-corrected chi connectivity index (χ4v) is 2.65. The minimum absolute atomic E-state index is 0.163. The molecule has 0 aliphatic carbocycles. The van der Waals surface area contributed by atoms with Crippen LogP contribution in [0.2, 0.25) is 0 Å². The molecule has 0 bridgehead atoms. The second-order valence-corrected chi connectivity index (χ2v) is 6.29. The van der Waals surface area contributed by atoms with E-state index < -0.39 is 16.4 Å². The second kappa shape index (κ2) is 5.94. The molecule has 106 valence electrons. The van der Waals surface area contributed by atoms with E-state index in [1.54, 1.807) is 36.4 Å². The standard InChI is InChI=1S/C14H15NO4S/c15-11-1-3-12(4-2-11)19-13-5-7-14(8-6-13)20(17,18)10-9-16/h1-8,16H,9-10,15H2. The summed E-state index contributed by atoms with van der Waals surface area (Å²) in [5, 5.41) is 8.72. The third-order valence-corrected chi connectivity index (χ3v) is 4.37. The first-order chi connectivity index (χ1) is 9.51. The van der Waals surface area contributed by atoms with Gasteiger partial charge in [0.1, 0.15) is 11.5 Å².